The predicted octanol–water partition coefficient (Wildman–Crippen LogP) is 7.03. The molecule has 0 saturated carbocycles. The summed E-state index contributed by atoms with van der Waals surface area (Å²) < 4.78 is 5.56. The van der Waals surface area contributed by atoms with Crippen LogP contribution < -0.4 is 0 Å². The van der Waals surface area contributed by atoms with Gasteiger partial charge >= 0.3 is 5.97 Å². The van der Waals surface area contributed by atoms with Crippen LogP contribution in [-0.2, 0) is 9.53 Å². The summed E-state index contributed by atoms with van der Waals surface area (Å²) in [7, 11) is 0. The molecular formula is C27H53NO3. The van der Waals surface area contributed by atoms with E-state index < -0.39 is 0 Å². The van der Waals surface area contributed by atoms with Crippen molar-refractivity contribution in [2.45, 2.75) is 148 Å². The molecule has 1 fully saturated rings. The minimum atomic E-state index is -0.320. The van der Waals surface area contributed by atoms with Crippen molar-refractivity contribution in [2.75, 3.05) is 19.6 Å². The number of aliphatic hydroxyl groups is 1. The lowest BCUT2D eigenvalue weighted by molar-refractivity contribution is -0.159. The lowest BCUT2D eigenvalue weighted by Gasteiger charge is -2.33. The first-order chi connectivity index (χ1) is 15.2. The van der Waals surface area contributed by atoms with E-state index in [-0.39, 0.29) is 18.2 Å². The molecular weight excluding hydrogens is 386 g/mol. The molecule has 0 radical (unpaired) electrons. The van der Waals surface area contributed by atoms with Gasteiger partial charge in [-0.15, -0.1) is 0 Å². The molecule has 2 atom stereocenters. The lowest BCUT2D eigenvalue weighted by Crippen LogP contribution is -2.47. The number of morpholine rings is 1. The van der Waals surface area contributed by atoms with Gasteiger partial charge in [0, 0.05) is 13.1 Å². The first-order valence-electron chi connectivity index (χ1n) is 13.8. The van der Waals surface area contributed by atoms with Crippen molar-refractivity contribution in [3.63, 3.8) is 0 Å². The molecule has 4 heteroatoms. The smallest absolute Gasteiger partial charge is 0.320 e. The fourth-order valence-electron chi connectivity index (χ4n) is 4.67. The monoisotopic (exact) mass is 439 g/mol. The van der Waals surface area contributed by atoms with Crippen LogP contribution in [-0.4, -0.2) is 47.8 Å². The van der Waals surface area contributed by atoms with Crippen LogP contribution >= 0.6 is 0 Å². The fraction of sp³-hybridized carbons (Fsp3) is 0.963. The molecule has 0 aromatic rings. The Morgan fingerprint density at radius 1 is 0.806 bits per heavy atom. The van der Waals surface area contributed by atoms with E-state index >= 15 is 0 Å². The van der Waals surface area contributed by atoms with Crippen molar-refractivity contribution < 1.29 is 14.6 Å². The van der Waals surface area contributed by atoms with Crippen molar-refractivity contribution in [2.24, 2.45) is 0 Å². The van der Waals surface area contributed by atoms with Crippen LogP contribution in [0.2, 0.25) is 0 Å². The first-order valence-corrected chi connectivity index (χ1v) is 13.8. The second-order valence-electron chi connectivity index (χ2n) is 9.84. The van der Waals surface area contributed by atoms with Crippen molar-refractivity contribution >= 4 is 5.97 Å². The van der Waals surface area contributed by atoms with Gasteiger partial charge in [0.2, 0.25) is 0 Å². The third kappa shape index (κ3) is 16.7. The van der Waals surface area contributed by atoms with Crippen molar-refractivity contribution in [1.82, 2.24) is 4.90 Å². The Labute approximate surface area is 193 Å². The zero-order valence-electron chi connectivity index (χ0n) is 20.9. The molecule has 4 nitrogen and oxygen atoms in total. The van der Waals surface area contributed by atoms with Crippen molar-refractivity contribution in [1.29, 1.82) is 0 Å². The lowest BCUT2D eigenvalue weighted by atomic mass is 10.0. The van der Waals surface area contributed by atoms with E-state index in [0.29, 0.717) is 13.1 Å². The molecule has 0 aliphatic carbocycles. The molecule has 184 valence electrons. The Bertz CT molecular complexity index is 415. The number of hydrogen-bond acceptors (Lipinski definition) is 4. The molecule has 0 aromatic heterocycles. The van der Waals surface area contributed by atoms with Gasteiger partial charge in [-0.2, -0.15) is 0 Å². The number of rotatable bonds is 21. The summed E-state index contributed by atoms with van der Waals surface area (Å²) in [5, 5.41) is 10.4. The summed E-state index contributed by atoms with van der Waals surface area (Å²) >= 11 is 0. The maximum Gasteiger partial charge on any atom is 0.320 e. The van der Waals surface area contributed by atoms with Gasteiger partial charge in [-0.3, -0.25) is 9.69 Å². The zero-order valence-corrected chi connectivity index (χ0v) is 20.9. The summed E-state index contributed by atoms with van der Waals surface area (Å²) in [6.45, 7) is 6.25. The molecule has 1 aliphatic rings. The van der Waals surface area contributed by atoms with Crippen LogP contribution in [0.5, 0.6) is 0 Å². The third-order valence-electron chi connectivity index (χ3n) is 6.60. The van der Waals surface area contributed by atoms with E-state index in [1.807, 2.05) is 0 Å². The number of aliphatic hydroxyl groups excluding tert-OH is 1. The van der Waals surface area contributed by atoms with Gasteiger partial charge < -0.3 is 9.84 Å². The SMILES string of the molecule is CCCCCCCCCCCC(O)CN1CC(=O)OC(CCCCCCCCCC)C1. The molecule has 1 heterocycles. The van der Waals surface area contributed by atoms with E-state index in [4.69, 9.17) is 4.74 Å². The number of hydrogen-bond donors (Lipinski definition) is 1. The van der Waals surface area contributed by atoms with Gasteiger partial charge in [0.15, 0.2) is 0 Å². The van der Waals surface area contributed by atoms with Crippen LogP contribution in [0, 0.1) is 0 Å². The molecule has 1 aliphatic heterocycles. The minimum absolute atomic E-state index is 0.0150. The van der Waals surface area contributed by atoms with Crippen molar-refractivity contribution in [3.8, 4) is 0 Å². The average Bonchev–Trinajstić information content (AvgIpc) is 2.74. The van der Waals surface area contributed by atoms with Gasteiger partial charge in [0.25, 0.3) is 0 Å². The zero-order chi connectivity index (χ0) is 22.6. The number of ether oxygens (including phenoxy) is 1. The summed E-state index contributed by atoms with van der Waals surface area (Å²) in [6.07, 6.45) is 23.6. The quantitative estimate of drug-likeness (QED) is 0.154. The number of cyclic esters (lactones) is 1. The van der Waals surface area contributed by atoms with Gasteiger partial charge in [-0.1, -0.05) is 117 Å². The Morgan fingerprint density at radius 3 is 1.84 bits per heavy atom. The number of unbranched alkanes of at least 4 members (excludes halogenated alkanes) is 15. The predicted molar refractivity (Wildman–Crippen MR) is 131 cm³/mol. The van der Waals surface area contributed by atoms with Gasteiger partial charge in [-0.05, 0) is 19.3 Å². The summed E-state index contributed by atoms with van der Waals surface area (Å²) in [5.41, 5.74) is 0. The third-order valence-corrected chi connectivity index (χ3v) is 6.60. The fourth-order valence-corrected chi connectivity index (χ4v) is 4.67. The Morgan fingerprint density at radius 2 is 1.29 bits per heavy atom. The van der Waals surface area contributed by atoms with Crippen LogP contribution in [0.1, 0.15) is 136 Å². The molecule has 0 bridgehead atoms. The highest BCUT2D eigenvalue weighted by Gasteiger charge is 2.27. The number of β-amino-alcohol motifs (C(OH)–C–C–N with tert-alkyl or cyclic N) is 1. The number of carbonyl (C=O) groups is 1. The number of carbonyl (C=O) groups excluding carboxylic acids is 1. The molecule has 2 unspecified atom stereocenters. The van der Waals surface area contributed by atoms with Crippen LogP contribution in [0.4, 0.5) is 0 Å². The standard InChI is InChI=1S/C27H53NO3/c1-3-5-7-9-11-13-14-16-18-20-25(29)22-28-23-26(31-27(30)24-28)21-19-17-15-12-10-8-6-4-2/h25-26,29H,3-24H2,1-2H3. The summed E-state index contributed by atoms with van der Waals surface area (Å²) in [4.78, 5) is 14.1. The topological polar surface area (TPSA) is 49.8 Å². The Balaban J connectivity index is 2.05. The van der Waals surface area contributed by atoms with Crippen LogP contribution in [0.25, 0.3) is 0 Å². The maximum atomic E-state index is 12.0. The van der Waals surface area contributed by atoms with E-state index in [1.54, 1.807) is 0 Å². The van der Waals surface area contributed by atoms with Crippen LogP contribution in [0.3, 0.4) is 0 Å². The molecule has 1 N–H and O–H groups in total. The molecule has 0 aromatic carbocycles. The molecule has 1 saturated heterocycles. The van der Waals surface area contributed by atoms with E-state index in [0.717, 1.165) is 32.2 Å². The molecule has 0 spiro atoms. The highest BCUT2D eigenvalue weighted by Crippen LogP contribution is 2.17. The second-order valence-corrected chi connectivity index (χ2v) is 9.84. The summed E-state index contributed by atoms with van der Waals surface area (Å²) in [5.74, 6) is -0.119. The van der Waals surface area contributed by atoms with Crippen LogP contribution in [0.15, 0.2) is 0 Å². The highest BCUT2D eigenvalue weighted by atomic mass is 16.5. The largest absolute Gasteiger partial charge is 0.460 e. The first kappa shape index (κ1) is 28.4. The molecule has 0 amide bonds. The number of nitrogens with zero attached hydrogens (tertiary/aromatic N) is 1. The van der Waals surface area contributed by atoms with E-state index in [2.05, 4.69) is 18.7 Å². The maximum absolute atomic E-state index is 12.0. The molecule has 31 heavy (non-hydrogen) atoms. The molecule has 1 rings (SSSR count). The van der Waals surface area contributed by atoms with Crippen molar-refractivity contribution in [3.05, 3.63) is 0 Å². The minimum Gasteiger partial charge on any atom is -0.460 e. The Hall–Kier alpha value is -0.610. The number of esters is 1. The normalized spacial score (nSPS) is 18.3. The Kier molecular flexibility index (Phi) is 18.4. The second kappa shape index (κ2) is 20.0. The summed E-state index contributed by atoms with van der Waals surface area (Å²) in [6, 6.07) is 0. The highest BCUT2D eigenvalue weighted by molar-refractivity contribution is 5.72. The van der Waals surface area contributed by atoms with Gasteiger partial charge in [-0.25, -0.2) is 0 Å². The van der Waals surface area contributed by atoms with Gasteiger partial charge in [0.1, 0.15) is 6.10 Å². The van der Waals surface area contributed by atoms with E-state index in [9.17, 15) is 9.90 Å². The van der Waals surface area contributed by atoms with Gasteiger partial charge in [0.05, 0.1) is 12.6 Å². The average molecular weight is 440 g/mol. The van der Waals surface area contributed by atoms with E-state index in [1.165, 1.54) is 96.3 Å².